The van der Waals surface area contributed by atoms with Gasteiger partial charge in [-0.2, -0.15) is 0 Å². The number of nitrogens with zero attached hydrogens (tertiary/aromatic N) is 2. The summed E-state index contributed by atoms with van der Waals surface area (Å²) in [5.74, 6) is 0.125. The number of benzene rings is 1. The van der Waals surface area contributed by atoms with E-state index in [4.69, 9.17) is 0 Å². The number of thiophene rings is 1. The molecule has 1 aromatic carbocycles. The van der Waals surface area contributed by atoms with Crippen LogP contribution in [0.1, 0.15) is 15.2 Å². The highest BCUT2D eigenvalue weighted by atomic mass is 32.1. The van der Waals surface area contributed by atoms with Crippen molar-refractivity contribution in [2.24, 2.45) is 0 Å². The monoisotopic (exact) mass is 358 g/mol. The van der Waals surface area contributed by atoms with Crippen LogP contribution >= 0.6 is 22.7 Å². The molecule has 1 fully saturated rings. The molecule has 0 aliphatic carbocycles. The van der Waals surface area contributed by atoms with Crippen molar-refractivity contribution in [3.63, 3.8) is 0 Å². The van der Waals surface area contributed by atoms with Crippen LogP contribution in [-0.4, -0.2) is 42.0 Å². The lowest BCUT2D eigenvalue weighted by atomic mass is 10.2. The van der Waals surface area contributed by atoms with Crippen LogP contribution in [0.5, 0.6) is 0 Å². The van der Waals surface area contributed by atoms with Crippen molar-refractivity contribution in [3.05, 3.63) is 40.8 Å². The summed E-state index contributed by atoms with van der Waals surface area (Å²) in [4.78, 5) is 20.8. The maximum atomic E-state index is 12.6. The van der Waals surface area contributed by atoms with Gasteiger partial charge in [0.15, 0.2) is 5.13 Å². The van der Waals surface area contributed by atoms with Gasteiger partial charge in [-0.1, -0.05) is 29.5 Å². The van der Waals surface area contributed by atoms with Crippen LogP contribution < -0.4 is 10.6 Å². The second-order valence-electron chi connectivity index (χ2n) is 5.78. The Labute approximate surface area is 148 Å². The van der Waals surface area contributed by atoms with E-state index in [0.29, 0.717) is 0 Å². The number of hydrogen-bond acceptors (Lipinski definition) is 6. The third-order valence-electron chi connectivity index (χ3n) is 4.09. The quantitative estimate of drug-likeness (QED) is 0.753. The van der Waals surface area contributed by atoms with E-state index in [1.165, 1.54) is 16.9 Å². The van der Waals surface area contributed by atoms with E-state index in [1.54, 1.807) is 11.3 Å². The number of aryl methyl sites for hydroxylation is 1. The fourth-order valence-electron chi connectivity index (χ4n) is 2.75. The summed E-state index contributed by atoms with van der Waals surface area (Å²) >= 11 is 3.07. The summed E-state index contributed by atoms with van der Waals surface area (Å²) < 4.78 is 1.06. The van der Waals surface area contributed by atoms with E-state index in [2.05, 4.69) is 28.6 Å². The molecule has 1 amide bonds. The second-order valence-corrected chi connectivity index (χ2v) is 7.84. The van der Waals surface area contributed by atoms with Crippen molar-refractivity contribution >= 4 is 48.9 Å². The summed E-state index contributed by atoms with van der Waals surface area (Å²) in [5, 5.41) is 7.51. The summed E-state index contributed by atoms with van der Waals surface area (Å²) in [7, 11) is 0. The molecule has 4 rings (SSSR count). The van der Waals surface area contributed by atoms with Gasteiger partial charge in [0.2, 0.25) is 0 Å². The van der Waals surface area contributed by atoms with Crippen molar-refractivity contribution in [1.29, 1.82) is 0 Å². The molecule has 3 heterocycles. The lowest BCUT2D eigenvalue weighted by Crippen LogP contribution is -2.46. The highest BCUT2D eigenvalue weighted by Crippen LogP contribution is 2.35. The maximum absolute atomic E-state index is 12.6. The standard InChI is InChI=1S/C17H18N4OS2/c1-11-4-2-3-5-12(11)19-17-20-15-13(24-17)10-14(23-15)16(22)21-8-6-18-7-9-21/h2-5,10,18H,6-9H2,1H3,(H,19,20). The zero-order valence-electron chi connectivity index (χ0n) is 13.3. The molecule has 1 aliphatic rings. The molecule has 0 spiro atoms. The molecule has 0 radical (unpaired) electrons. The van der Waals surface area contributed by atoms with Gasteiger partial charge in [-0.25, -0.2) is 4.98 Å². The Morgan fingerprint density at radius 1 is 1.25 bits per heavy atom. The predicted molar refractivity (Wildman–Crippen MR) is 101 cm³/mol. The first kappa shape index (κ1) is 15.6. The zero-order valence-corrected chi connectivity index (χ0v) is 15.0. The molecule has 5 nitrogen and oxygen atoms in total. The number of carbonyl (C=O) groups is 1. The van der Waals surface area contributed by atoms with E-state index in [0.717, 1.165) is 51.4 Å². The molecular formula is C17H18N4OS2. The minimum Gasteiger partial charge on any atom is -0.335 e. The molecule has 0 saturated carbocycles. The fourth-order valence-corrected chi connectivity index (χ4v) is 4.84. The number of rotatable bonds is 3. The van der Waals surface area contributed by atoms with Crippen molar-refractivity contribution in [1.82, 2.24) is 15.2 Å². The van der Waals surface area contributed by atoms with E-state index >= 15 is 0 Å². The van der Waals surface area contributed by atoms with Crippen LogP contribution in [0, 0.1) is 6.92 Å². The maximum Gasteiger partial charge on any atom is 0.264 e. The summed E-state index contributed by atoms with van der Waals surface area (Å²) in [6, 6.07) is 10.1. The Bertz CT molecular complexity index is 848. The number of para-hydroxylation sites is 1. The molecule has 1 saturated heterocycles. The Morgan fingerprint density at radius 2 is 2.04 bits per heavy atom. The van der Waals surface area contributed by atoms with Crippen LogP contribution in [0.15, 0.2) is 30.3 Å². The van der Waals surface area contributed by atoms with Gasteiger partial charge in [-0.3, -0.25) is 4.79 Å². The SMILES string of the molecule is Cc1ccccc1Nc1nc2sc(C(=O)N3CCNCC3)cc2s1. The first-order chi connectivity index (χ1) is 11.7. The smallest absolute Gasteiger partial charge is 0.264 e. The average Bonchev–Trinajstić information content (AvgIpc) is 3.15. The second kappa shape index (κ2) is 6.51. The van der Waals surface area contributed by atoms with Gasteiger partial charge < -0.3 is 15.5 Å². The lowest BCUT2D eigenvalue weighted by Gasteiger charge is -2.26. The number of amides is 1. The number of fused-ring (bicyclic) bond motifs is 1. The fraction of sp³-hybridized carbons (Fsp3) is 0.294. The van der Waals surface area contributed by atoms with Crippen molar-refractivity contribution in [3.8, 4) is 0 Å². The molecule has 0 bridgehead atoms. The molecule has 24 heavy (non-hydrogen) atoms. The molecule has 7 heteroatoms. The summed E-state index contributed by atoms with van der Waals surface area (Å²) in [6.07, 6.45) is 0. The van der Waals surface area contributed by atoms with Gasteiger partial charge in [0, 0.05) is 31.9 Å². The molecule has 2 N–H and O–H groups in total. The Kier molecular flexibility index (Phi) is 4.22. The van der Waals surface area contributed by atoms with Crippen LogP contribution in [0.3, 0.4) is 0 Å². The normalized spacial score (nSPS) is 15.0. The van der Waals surface area contributed by atoms with E-state index in [-0.39, 0.29) is 5.91 Å². The van der Waals surface area contributed by atoms with Crippen LogP contribution in [0.25, 0.3) is 9.53 Å². The van der Waals surface area contributed by atoms with E-state index < -0.39 is 0 Å². The van der Waals surface area contributed by atoms with Crippen LogP contribution in [0.2, 0.25) is 0 Å². The van der Waals surface area contributed by atoms with Gasteiger partial charge in [0.1, 0.15) is 4.83 Å². The number of piperazine rings is 1. The highest BCUT2D eigenvalue weighted by Gasteiger charge is 2.21. The Balaban J connectivity index is 1.54. The lowest BCUT2D eigenvalue weighted by molar-refractivity contribution is 0.0741. The van der Waals surface area contributed by atoms with Crippen molar-refractivity contribution in [2.45, 2.75) is 6.92 Å². The first-order valence-electron chi connectivity index (χ1n) is 7.94. The van der Waals surface area contributed by atoms with Gasteiger partial charge >= 0.3 is 0 Å². The Morgan fingerprint density at radius 3 is 2.79 bits per heavy atom. The Hall–Kier alpha value is -1.96. The van der Waals surface area contributed by atoms with E-state index in [9.17, 15) is 4.79 Å². The zero-order chi connectivity index (χ0) is 16.5. The number of anilines is 2. The molecule has 2 aromatic heterocycles. The largest absolute Gasteiger partial charge is 0.335 e. The predicted octanol–water partition coefficient (Wildman–Crippen LogP) is 3.46. The number of thiazole rings is 1. The summed E-state index contributed by atoms with van der Waals surface area (Å²) in [6.45, 7) is 5.36. The number of carbonyl (C=O) groups excluding carboxylic acids is 1. The third-order valence-corrected chi connectivity index (χ3v) is 6.15. The molecular weight excluding hydrogens is 340 g/mol. The summed E-state index contributed by atoms with van der Waals surface area (Å²) in [5.41, 5.74) is 2.25. The highest BCUT2D eigenvalue weighted by molar-refractivity contribution is 7.29. The third kappa shape index (κ3) is 3.02. The minimum atomic E-state index is 0.125. The van der Waals surface area contributed by atoms with Crippen LogP contribution in [-0.2, 0) is 0 Å². The number of aromatic nitrogens is 1. The topological polar surface area (TPSA) is 57.3 Å². The molecule has 3 aromatic rings. The van der Waals surface area contributed by atoms with Gasteiger partial charge in [-0.05, 0) is 24.6 Å². The van der Waals surface area contributed by atoms with E-state index in [1.807, 2.05) is 29.2 Å². The minimum absolute atomic E-state index is 0.125. The van der Waals surface area contributed by atoms with Crippen molar-refractivity contribution < 1.29 is 4.79 Å². The molecule has 0 unspecified atom stereocenters. The molecule has 124 valence electrons. The first-order valence-corrected chi connectivity index (χ1v) is 9.57. The van der Waals surface area contributed by atoms with Crippen molar-refractivity contribution in [2.75, 3.05) is 31.5 Å². The van der Waals surface area contributed by atoms with Gasteiger partial charge in [0.05, 0.1) is 9.58 Å². The number of hydrogen-bond donors (Lipinski definition) is 2. The van der Waals surface area contributed by atoms with Gasteiger partial charge in [-0.15, -0.1) is 11.3 Å². The number of nitrogens with one attached hydrogen (secondary N) is 2. The molecule has 1 aliphatic heterocycles. The van der Waals surface area contributed by atoms with Crippen LogP contribution in [0.4, 0.5) is 10.8 Å². The molecule has 0 atom stereocenters. The van der Waals surface area contributed by atoms with Gasteiger partial charge in [0.25, 0.3) is 5.91 Å². The average molecular weight is 358 g/mol.